The number of halogens is 1. The van der Waals surface area contributed by atoms with Crippen LogP contribution in [0.5, 0.6) is 0 Å². The minimum absolute atomic E-state index is 0. The lowest BCUT2D eigenvalue weighted by Gasteiger charge is -2.34. The summed E-state index contributed by atoms with van der Waals surface area (Å²) in [4.78, 5) is 11.8. The fourth-order valence-electron chi connectivity index (χ4n) is 2.52. The Balaban J connectivity index is 0.00000289. The monoisotopic (exact) mass is 278 g/mol. The Morgan fingerprint density at radius 2 is 2.11 bits per heavy atom. The van der Waals surface area contributed by atoms with E-state index in [0.29, 0.717) is 30.8 Å². The molecule has 1 saturated carbocycles. The molecular weight excluding hydrogens is 252 g/mol. The molecule has 0 saturated heterocycles. The molecule has 3 N–H and O–H groups in total. The lowest BCUT2D eigenvalue weighted by molar-refractivity contribution is -0.124. The van der Waals surface area contributed by atoms with Gasteiger partial charge in [0, 0.05) is 19.7 Å². The van der Waals surface area contributed by atoms with Gasteiger partial charge in [-0.2, -0.15) is 0 Å². The molecule has 0 aliphatic heterocycles. The summed E-state index contributed by atoms with van der Waals surface area (Å²) in [7, 11) is 1.59. The van der Waals surface area contributed by atoms with Crippen LogP contribution in [-0.4, -0.2) is 31.7 Å². The highest BCUT2D eigenvalue weighted by atomic mass is 35.5. The lowest BCUT2D eigenvalue weighted by Crippen LogP contribution is -2.45. The Hall–Kier alpha value is -0.320. The highest BCUT2D eigenvalue weighted by Crippen LogP contribution is 2.29. The molecule has 0 spiro atoms. The molecule has 1 aliphatic carbocycles. The van der Waals surface area contributed by atoms with E-state index in [0.717, 1.165) is 6.42 Å². The highest BCUT2D eigenvalue weighted by molar-refractivity contribution is 5.85. The highest BCUT2D eigenvalue weighted by Gasteiger charge is 2.28. The van der Waals surface area contributed by atoms with Gasteiger partial charge < -0.3 is 15.8 Å². The van der Waals surface area contributed by atoms with E-state index in [1.807, 2.05) is 0 Å². The molecule has 0 heterocycles. The molecule has 0 aromatic rings. The molecule has 0 aromatic heterocycles. The van der Waals surface area contributed by atoms with Crippen LogP contribution in [0.15, 0.2) is 0 Å². The Kier molecular flexibility index (Phi) is 8.57. The van der Waals surface area contributed by atoms with Crippen LogP contribution in [0.4, 0.5) is 0 Å². The average molecular weight is 279 g/mol. The predicted molar refractivity (Wildman–Crippen MR) is 75.8 cm³/mol. The molecular formula is C13H27ClN2O2. The first-order valence-corrected chi connectivity index (χ1v) is 6.60. The van der Waals surface area contributed by atoms with Crippen LogP contribution in [0.1, 0.15) is 39.5 Å². The lowest BCUT2D eigenvalue weighted by atomic mass is 9.78. The van der Waals surface area contributed by atoms with E-state index in [4.69, 9.17) is 10.5 Å². The summed E-state index contributed by atoms with van der Waals surface area (Å²) in [5, 5.41) is 3.12. The van der Waals surface area contributed by atoms with Crippen molar-refractivity contribution in [2.45, 2.75) is 51.7 Å². The first kappa shape index (κ1) is 17.7. The Morgan fingerprint density at radius 3 is 2.67 bits per heavy atom. The number of nitrogens with one attached hydrogen (secondary N) is 1. The first-order valence-electron chi connectivity index (χ1n) is 6.60. The Morgan fingerprint density at radius 1 is 1.44 bits per heavy atom. The summed E-state index contributed by atoms with van der Waals surface area (Å²) in [5.74, 6) is 1.32. The smallest absolute Gasteiger partial charge is 0.222 e. The van der Waals surface area contributed by atoms with E-state index >= 15 is 0 Å². The third kappa shape index (κ3) is 5.12. The summed E-state index contributed by atoms with van der Waals surface area (Å²) in [6.07, 6.45) is 3.78. The van der Waals surface area contributed by atoms with Crippen LogP contribution in [0.2, 0.25) is 0 Å². The normalized spacial score (nSPS) is 29.2. The fraction of sp³-hybridized carbons (Fsp3) is 0.923. The van der Waals surface area contributed by atoms with Gasteiger partial charge in [-0.05, 0) is 18.3 Å². The number of ether oxygens (including phenoxy) is 1. The van der Waals surface area contributed by atoms with Crippen molar-refractivity contribution in [3.8, 4) is 0 Å². The molecule has 1 aliphatic rings. The molecule has 5 heteroatoms. The van der Waals surface area contributed by atoms with Gasteiger partial charge in [-0.3, -0.25) is 4.79 Å². The number of nitrogens with two attached hydrogens (primary N) is 1. The van der Waals surface area contributed by atoms with E-state index in [-0.39, 0.29) is 24.4 Å². The summed E-state index contributed by atoms with van der Waals surface area (Å²) < 4.78 is 5.12. The first-order chi connectivity index (χ1) is 8.08. The largest absolute Gasteiger partial charge is 0.380 e. The molecule has 1 fully saturated rings. The SMILES string of the molecule is COC(CN)CC(=O)NC1CCCC(C)C1C.Cl. The maximum absolute atomic E-state index is 11.8. The van der Waals surface area contributed by atoms with Gasteiger partial charge in [0.25, 0.3) is 0 Å². The molecule has 4 unspecified atom stereocenters. The second kappa shape index (κ2) is 8.73. The Bertz CT molecular complexity index is 247. The predicted octanol–water partition coefficient (Wildman–Crippen LogP) is 1.71. The van der Waals surface area contributed by atoms with E-state index in [1.54, 1.807) is 7.11 Å². The molecule has 0 bridgehead atoms. The minimum Gasteiger partial charge on any atom is -0.380 e. The van der Waals surface area contributed by atoms with Crippen molar-refractivity contribution in [2.24, 2.45) is 17.6 Å². The minimum atomic E-state index is -0.161. The van der Waals surface area contributed by atoms with Gasteiger partial charge in [-0.15, -0.1) is 12.4 Å². The standard InChI is InChI=1S/C13H26N2O2.ClH/c1-9-5-4-6-12(10(9)2)15-13(16)7-11(8-14)17-3;/h9-12H,4-8,14H2,1-3H3,(H,15,16);1H. The molecule has 0 radical (unpaired) electrons. The van der Waals surface area contributed by atoms with E-state index in [9.17, 15) is 4.79 Å². The molecule has 1 amide bonds. The quantitative estimate of drug-likeness (QED) is 0.805. The average Bonchev–Trinajstić information content (AvgIpc) is 2.32. The maximum Gasteiger partial charge on any atom is 0.222 e. The van der Waals surface area contributed by atoms with Crippen molar-refractivity contribution < 1.29 is 9.53 Å². The van der Waals surface area contributed by atoms with Crippen LogP contribution in [0.25, 0.3) is 0 Å². The molecule has 1 rings (SSSR count). The number of methoxy groups -OCH3 is 1. The van der Waals surface area contributed by atoms with Gasteiger partial charge in [0.2, 0.25) is 5.91 Å². The fourth-order valence-corrected chi connectivity index (χ4v) is 2.52. The van der Waals surface area contributed by atoms with E-state index in [2.05, 4.69) is 19.2 Å². The summed E-state index contributed by atoms with van der Waals surface area (Å²) in [5.41, 5.74) is 5.51. The summed E-state index contributed by atoms with van der Waals surface area (Å²) >= 11 is 0. The summed E-state index contributed by atoms with van der Waals surface area (Å²) in [6, 6.07) is 0.321. The van der Waals surface area contributed by atoms with Gasteiger partial charge in [-0.1, -0.05) is 26.7 Å². The second-order valence-electron chi connectivity index (χ2n) is 5.24. The second-order valence-corrected chi connectivity index (χ2v) is 5.24. The zero-order valence-electron chi connectivity index (χ0n) is 11.6. The molecule has 4 nitrogen and oxygen atoms in total. The third-order valence-electron chi connectivity index (χ3n) is 4.06. The van der Waals surface area contributed by atoms with Crippen LogP contribution in [0, 0.1) is 11.8 Å². The molecule has 0 aromatic carbocycles. The van der Waals surface area contributed by atoms with E-state index < -0.39 is 0 Å². The van der Waals surface area contributed by atoms with Gasteiger partial charge >= 0.3 is 0 Å². The molecule has 18 heavy (non-hydrogen) atoms. The number of amides is 1. The maximum atomic E-state index is 11.8. The molecule has 4 atom stereocenters. The number of carbonyl (C=O) groups is 1. The Labute approximate surface area is 116 Å². The van der Waals surface area contributed by atoms with Gasteiger partial charge in [0.1, 0.15) is 0 Å². The number of hydrogen-bond acceptors (Lipinski definition) is 3. The van der Waals surface area contributed by atoms with Crippen LogP contribution in [0.3, 0.4) is 0 Å². The van der Waals surface area contributed by atoms with Crippen molar-refractivity contribution in [3.05, 3.63) is 0 Å². The number of hydrogen-bond donors (Lipinski definition) is 2. The van der Waals surface area contributed by atoms with Crippen molar-refractivity contribution in [1.29, 1.82) is 0 Å². The third-order valence-corrected chi connectivity index (χ3v) is 4.06. The van der Waals surface area contributed by atoms with Crippen LogP contribution >= 0.6 is 12.4 Å². The van der Waals surface area contributed by atoms with Crippen LogP contribution < -0.4 is 11.1 Å². The number of carbonyl (C=O) groups excluding carboxylic acids is 1. The topological polar surface area (TPSA) is 64.3 Å². The van der Waals surface area contributed by atoms with Gasteiger partial charge in [-0.25, -0.2) is 0 Å². The van der Waals surface area contributed by atoms with Crippen molar-refractivity contribution in [2.75, 3.05) is 13.7 Å². The molecule has 108 valence electrons. The van der Waals surface area contributed by atoms with Crippen LogP contribution in [-0.2, 0) is 9.53 Å². The van der Waals surface area contributed by atoms with Crippen molar-refractivity contribution in [1.82, 2.24) is 5.32 Å². The van der Waals surface area contributed by atoms with E-state index in [1.165, 1.54) is 12.8 Å². The zero-order chi connectivity index (χ0) is 12.8. The van der Waals surface area contributed by atoms with Crippen molar-refractivity contribution in [3.63, 3.8) is 0 Å². The van der Waals surface area contributed by atoms with Gasteiger partial charge in [0.15, 0.2) is 0 Å². The van der Waals surface area contributed by atoms with Crippen molar-refractivity contribution >= 4 is 18.3 Å². The zero-order valence-corrected chi connectivity index (χ0v) is 12.5. The van der Waals surface area contributed by atoms with Gasteiger partial charge in [0.05, 0.1) is 12.5 Å². The number of rotatable bonds is 5. The summed E-state index contributed by atoms with van der Waals surface area (Å²) in [6.45, 7) is 4.88.